The summed E-state index contributed by atoms with van der Waals surface area (Å²) < 4.78 is 0. The van der Waals surface area contributed by atoms with Gasteiger partial charge in [-0.25, -0.2) is 0 Å². The van der Waals surface area contributed by atoms with Crippen LogP contribution in [0, 0.1) is 0 Å². The highest BCUT2D eigenvalue weighted by atomic mass is 14.9. The number of hydrogen-bond donors (Lipinski definition) is 1. The number of hydrogen-bond acceptors (Lipinski definition) is 1. The van der Waals surface area contributed by atoms with Gasteiger partial charge in [0.05, 0.1) is 6.04 Å². The van der Waals surface area contributed by atoms with Crippen LogP contribution in [0.3, 0.4) is 0 Å². The van der Waals surface area contributed by atoms with Crippen molar-refractivity contribution in [1.82, 2.24) is 5.32 Å². The average Bonchev–Trinajstić information content (AvgIpc) is 2.46. The van der Waals surface area contributed by atoms with Gasteiger partial charge in [-0.2, -0.15) is 0 Å². The Kier molecular flexibility index (Phi) is 3.70. The first-order valence-corrected chi connectivity index (χ1v) is 7.28. The highest BCUT2D eigenvalue weighted by Gasteiger charge is 2.23. The fourth-order valence-electron chi connectivity index (χ4n) is 2.93. The molecule has 0 spiro atoms. The third-order valence-corrected chi connectivity index (χ3v) is 3.95. The Morgan fingerprint density at radius 1 is 1.00 bits per heavy atom. The van der Waals surface area contributed by atoms with Crippen LogP contribution in [0.4, 0.5) is 0 Å². The molecule has 20 heavy (non-hydrogen) atoms. The van der Waals surface area contributed by atoms with Crippen LogP contribution < -0.4 is 5.32 Å². The molecule has 0 bridgehead atoms. The lowest BCUT2D eigenvalue weighted by Crippen LogP contribution is -2.27. The van der Waals surface area contributed by atoms with Crippen LogP contribution >= 0.6 is 0 Å². The third-order valence-electron chi connectivity index (χ3n) is 3.95. The summed E-state index contributed by atoms with van der Waals surface area (Å²) in [6.45, 7) is 5.20. The minimum absolute atomic E-state index is 0.312. The summed E-state index contributed by atoms with van der Waals surface area (Å²) in [5, 5.41) is 3.69. The Morgan fingerprint density at radius 3 is 2.10 bits per heavy atom. The summed E-state index contributed by atoms with van der Waals surface area (Å²) in [6, 6.07) is 17.9. The Morgan fingerprint density at radius 2 is 1.55 bits per heavy atom. The highest BCUT2D eigenvalue weighted by Crippen LogP contribution is 2.34. The predicted molar refractivity (Wildman–Crippen MR) is 85.0 cm³/mol. The van der Waals surface area contributed by atoms with Gasteiger partial charge in [0, 0.05) is 6.54 Å². The van der Waals surface area contributed by atoms with Crippen molar-refractivity contribution in [2.24, 2.45) is 0 Å². The fourth-order valence-corrected chi connectivity index (χ4v) is 2.93. The van der Waals surface area contributed by atoms with Crippen LogP contribution in [-0.2, 0) is 6.42 Å². The lowest BCUT2D eigenvalue weighted by Gasteiger charge is -2.29. The van der Waals surface area contributed by atoms with Crippen molar-refractivity contribution < 1.29 is 0 Å². The van der Waals surface area contributed by atoms with Gasteiger partial charge in [-0.15, -0.1) is 0 Å². The van der Waals surface area contributed by atoms with Crippen molar-refractivity contribution >= 4 is 0 Å². The minimum Gasteiger partial charge on any atom is -0.303 e. The number of fused-ring (bicyclic) bond motifs is 2. The van der Waals surface area contributed by atoms with E-state index >= 15 is 0 Å². The maximum atomic E-state index is 3.69. The van der Waals surface area contributed by atoms with Crippen molar-refractivity contribution in [3.8, 4) is 0 Å². The van der Waals surface area contributed by atoms with E-state index in [1.165, 1.54) is 27.8 Å². The van der Waals surface area contributed by atoms with Crippen LogP contribution in [0.5, 0.6) is 0 Å². The van der Waals surface area contributed by atoms with Gasteiger partial charge in [0.15, 0.2) is 0 Å². The Bertz CT molecular complexity index is 590. The SMILES string of the molecule is CC(C)=CCNC1c2ccccc2Cc2ccccc21. The first-order valence-electron chi connectivity index (χ1n) is 7.28. The molecule has 1 aliphatic carbocycles. The summed E-state index contributed by atoms with van der Waals surface area (Å²) >= 11 is 0. The van der Waals surface area contributed by atoms with Gasteiger partial charge in [-0.05, 0) is 42.5 Å². The maximum Gasteiger partial charge on any atom is 0.0584 e. The largest absolute Gasteiger partial charge is 0.303 e. The molecule has 0 amide bonds. The molecule has 0 radical (unpaired) electrons. The monoisotopic (exact) mass is 263 g/mol. The molecule has 0 atom stereocenters. The minimum atomic E-state index is 0.312. The zero-order chi connectivity index (χ0) is 13.9. The molecule has 2 aromatic rings. The molecule has 0 aromatic heterocycles. The zero-order valence-corrected chi connectivity index (χ0v) is 12.2. The molecule has 1 N–H and O–H groups in total. The first kappa shape index (κ1) is 13.1. The van der Waals surface area contributed by atoms with Crippen molar-refractivity contribution in [2.75, 3.05) is 6.54 Å². The van der Waals surface area contributed by atoms with Gasteiger partial charge < -0.3 is 5.32 Å². The van der Waals surface area contributed by atoms with Crippen LogP contribution in [0.15, 0.2) is 60.2 Å². The van der Waals surface area contributed by atoms with E-state index in [0.717, 1.165) is 13.0 Å². The normalized spacial score (nSPS) is 13.5. The van der Waals surface area contributed by atoms with Crippen LogP contribution in [-0.4, -0.2) is 6.54 Å². The molecule has 1 aliphatic rings. The van der Waals surface area contributed by atoms with Crippen LogP contribution in [0.2, 0.25) is 0 Å². The van der Waals surface area contributed by atoms with Crippen molar-refractivity contribution in [3.05, 3.63) is 82.4 Å². The lowest BCUT2D eigenvalue weighted by molar-refractivity contribution is 0.629. The van der Waals surface area contributed by atoms with E-state index in [0.29, 0.717) is 6.04 Å². The van der Waals surface area contributed by atoms with E-state index in [4.69, 9.17) is 0 Å². The molecule has 0 fully saturated rings. The summed E-state index contributed by atoms with van der Waals surface area (Å²) in [5.74, 6) is 0. The molecule has 0 saturated heterocycles. The van der Waals surface area contributed by atoms with Crippen molar-refractivity contribution in [3.63, 3.8) is 0 Å². The average molecular weight is 263 g/mol. The molecule has 3 rings (SSSR count). The standard InChI is InChI=1S/C19H21N/c1-14(2)11-12-20-19-17-9-5-3-7-15(17)13-16-8-4-6-10-18(16)19/h3-11,19-20H,12-13H2,1-2H3. The van der Waals surface area contributed by atoms with Crippen LogP contribution in [0.25, 0.3) is 0 Å². The second-order valence-corrected chi connectivity index (χ2v) is 5.70. The van der Waals surface area contributed by atoms with Gasteiger partial charge in [0.1, 0.15) is 0 Å². The molecule has 0 heterocycles. The van der Waals surface area contributed by atoms with Gasteiger partial charge in [0.25, 0.3) is 0 Å². The summed E-state index contributed by atoms with van der Waals surface area (Å²) in [7, 11) is 0. The first-order chi connectivity index (χ1) is 9.75. The number of nitrogens with one attached hydrogen (secondary N) is 1. The molecular weight excluding hydrogens is 242 g/mol. The van der Waals surface area contributed by atoms with Crippen molar-refractivity contribution in [2.45, 2.75) is 26.3 Å². The topological polar surface area (TPSA) is 12.0 Å². The molecule has 0 saturated carbocycles. The van der Waals surface area contributed by atoms with E-state index in [2.05, 4.69) is 73.8 Å². The van der Waals surface area contributed by atoms with E-state index in [1.807, 2.05) is 0 Å². The number of benzene rings is 2. The quantitative estimate of drug-likeness (QED) is 0.817. The maximum absolute atomic E-state index is 3.69. The fraction of sp³-hybridized carbons (Fsp3) is 0.263. The molecule has 102 valence electrons. The number of rotatable bonds is 3. The van der Waals surface area contributed by atoms with Crippen molar-refractivity contribution in [1.29, 1.82) is 0 Å². The smallest absolute Gasteiger partial charge is 0.0584 e. The predicted octanol–water partition coefficient (Wildman–Crippen LogP) is 4.24. The lowest BCUT2D eigenvalue weighted by atomic mass is 9.82. The number of allylic oxidation sites excluding steroid dienone is 1. The molecule has 2 aromatic carbocycles. The van der Waals surface area contributed by atoms with E-state index in [1.54, 1.807) is 0 Å². The van der Waals surface area contributed by atoms with Gasteiger partial charge >= 0.3 is 0 Å². The second kappa shape index (κ2) is 5.64. The summed E-state index contributed by atoms with van der Waals surface area (Å²) in [6.07, 6.45) is 3.30. The Balaban J connectivity index is 1.97. The highest BCUT2D eigenvalue weighted by molar-refractivity contribution is 5.48. The van der Waals surface area contributed by atoms with E-state index in [-0.39, 0.29) is 0 Å². The van der Waals surface area contributed by atoms with Crippen LogP contribution in [0.1, 0.15) is 42.1 Å². The zero-order valence-electron chi connectivity index (χ0n) is 12.2. The molecule has 0 aliphatic heterocycles. The molecule has 1 nitrogen and oxygen atoms in total. The second-order valence-electron chi connectivity index (χ2n) is 5.70. The van der Waals surface area contributed by atoms with Gasteiger partial charge in [-0.1, -0.05) is 60.2 Å². The summed E-state index contributed by atoms with van der Waals surface area (Å²) in [4.78, 5) is 0. The van der Waals surface area contributed by atoms with E-state index in [9.17, 15) is 0 Å². The Labute approximate surface area is 121 Å². The molecule has 0 unspecified atom stereocenters. The third kappa shape index (κ3) is 2.54. The van der Waals surface area contributed by atoms with E-state index < -0.39 is 0 Å². The van der Waals surface area contributed by atoms with Gasteiger partial charge in [0.2, 0.25) is 0 Å². The van der Waals surface area contributed by atoms with Gasteiger partial charge in [-0.3, -0.25) is 0 Å². The molecule has 1 heteroatoms. The molecular formula is C19H21N. The Hall–Kier alpha value is -1.86. The summed E-state index contributed by atoms with van der Waals surface area (Å²) in [5.41, 5.74) is 7.10.